The molecule has 0 aromatic heterocycles. The van der Waals surface area contributed by atoms with Crippen molar-refractivity contribution in [2.75, 3.05) is 13.1 Å². The lowest BCUT2D eigenvalue weighted by Gasteiger charge is -2.33. The van der Waals surface area contributed by atoms with Crippen molar-refractivity contribution < 1.29 is 9.90 Å². The number of piperidine rings is 1. The van der Waals surface area contributed by atoms with Crippen molar-refractivity contribution in [2.45, 2.75) is 18.3 Å². The van der Waals surface area contributed by atoms with Crippen LogP contribution < -0.4 is 5.32 Å². The Kier molecular flexibility index (Phi) is 2.30. The predicted octanol–water partition coefficient (Wildman–Crippen LogP) is 1.79. The van der Waals surface area contributed by atoms with Crippen LogP contribution in [0, 0.1) is 0 Å². The van der Waals surface area contributed by atoms with Crippen LogP contribution in [0.1, 0.15) is 24.0 Å². The highest BCUT2D eigenvalue weighted by atomic mass is 16.4. The molecule has 1 aromatic rings. The molecule has 17 heavy (non-hydrogen) atoms. The monoisotopic (exact) mass is 229 g/mol. The van der Waals surface area contributed by atoms with E-state index >= 15 is 0 Å². The van der Waals surface area contributed by atoms with E-state index in [2.05, 4.69) is 11.4 Å². The van der Waals surface area contributed by atoms with Gasteiger partial charge in [0.15, 0.2) is 0 Å². The standard InChI is InChI=1S/C14H15NO2/c16-13(17)11-9-14(5-7-15-8-6-14)12-4-2-1-3-10(11)12/h1-4,9,15H,5-8H2,(H,16,17). The number of benzene rings is 1. The van der Waals surface area contributed by atoms with Crippen LogP contribution >= 0.6 is 0 Å². The molecule has 1 heterocycles. The molecule has 0 bridgehead atoms. The highest BCUT2D eigenvalue weighted by molar-refractivity contribution is 6.17. The summed E-state index contributed by atoms with van der Waals surface area (Å²) in [4.78, 5) is 11.3. The van der Waals surface area contributed by atoms with E-state index in [9.17, 15) is 9.90 Å². The van der Waals surface area contributed by atoms with E-state index in [1.807, 2.05) is 24.3 Å². The van der Waals surface area contributed by atoms with Crippen LogP contribution in [0.25, 0.3) is 5.57 Å². The molecule has 3 heteroatoms. The van der Waals surface area contributed by atoms with Crippen molar-refractivity contribution in [3.8, 4) is 0 Å². The summed E-state index contributed by atoms with van der Waals surface area (Å²) in [7, 11) is 0. The summed E-state index contributed by atoms with van der Waals surface area (Å²) in [6.07, 6.45) is 3.95. The second-order valence-electron chi connectivity index (χ2n) is 4.81. The topological polar surface area (TPSA) is 49.3 Å². The van der Waals surface area contributed by atoms with Crippen molar-refractivity contribution in [1.29, 1.82) is 0 Å². The summed E-state index contributed by atoms with van der Waals surface area (Å²) >= 11 is 0. The van der Waals surface area contributed by atoms with Gasteiger partial charge < -0.3 is 10.4 Å². The second kappa shape index (κ2) is 3.70. The van der Waals surface area contributed by atoms with Crippen molar-refractivity contribution >= 4 is 11.5 Å². The Hall–Kier alpha value is -1.61. The molecular weight excluding hydrogens is 214 g/mol. The molecule has 88 valence electrons. The number of carboxylic acid groups (broad SMARTS) is 1. The number of fused-ring (bicyclic) bond motifs is 2. The molecule has 3 rings (SSSR count). The molecule has 2 aliphatic rings. The average Bonchev–Trinajstić information content (AvgIpc) is 2.66. The van der Waals surface area contributed by atoms with Crippen LogP contribution in [-0.4, -0.2) is 24.2 Å². The second-order valence-corrected chi connectivity index (χ2v) is 4.81. The van der Waals surface area contributed by atoms with Crippen LogP contribution in [0.15, 0.2) is 30.3 Å². The van der Waals surface area contributed by atoms with Crippen molar-refractivity contribution in [3.05, 3.63) is 41.5 Å². The Morgan fingerprint density at radius 1 is 1.24 bits per heavy atom. The number of carbonyl (C=O) groups is 1. The molecule has 0 saturated carbocycles. The summed E-state index contributed by atoms with van der Waals surface area (Å²) in [5.74, 6) is -0.812. The van der Waals surface area contributed by atoms with Gasteiger partial charge in [0, 0.05) is 5.41 Å². The SMILES string of the molecule is O=C(O)C1=CC2(CCNCC2)c2ccccc21. The van der Waals surface area contributed by atoms with Gasteiger partial charge in [-0.2, -0.15) is 0 Å². The van der Waals surface area contributed by atoms with E-state index < -0.39 is 5.97 Å². The zero-order valence-electron chi connectivity index (χ0n) is 9.57. The lowest BCUT2D eigenvalue weighted by molar-refractivity contribution is -0.130. The third-order valence-corrected chi connectivity index (χ3v) is 3.90. The van der Waals surface area contributed by atoms with Crippen LogP contribution in [0.3, 0.4) is 0 Å². The molecule has 0 atom stereocenters. The van der Waals surface area contributed by atoms with E-state index in [1.165, 1.54) is 5.56 Å². The van der Waals surface area contributed by atoms with Crippen LogP contribution in [0.2, 0.25) is 0 Å². The van der Waals surface area contributed by atoms with Crippen molar-refractivity contribution in [3.63, 3.8) is 0 Å². The van der Waals surface area contributed by atoms with Crippen LogP contribution in [0.5, 0.6) is 0 Å². The lowest BCUT2D eigenvalue weighted by atomic mass is 9.75. The van der Waals surface area contributed by atoms with E-state index in [4.69, 9.17) is 0 Å². The Balaban J connectivity index is 2.15. The maximum absolute atomic E-state index is 11.3. The molecule has 1 spiro atoms. The first-order chi connectivity index (χ1) is 8.23. The van der Waals surface area contributed by atoms with Gasteiger partial charge in [-0.25, -0.2) is 4.79 Å². The minimum absolute atomic E-state index is 0.0461. The van der Waals surface area contributed by atoms with Gasteiger partial charge in [-0.05, 0) is 37.1 Å². The smallest absolute Gasteiger partial charge is 0.336 e. The number of allylic oxidation sites excluding steroid dienone is 1. The minimum Gasteiger partial charge on any atom is -0.478 e. The van der Waals surface area contributed by atoms with Gasteiger partial charge in [-0.3, -0.25) is 0 Å². The molecule has 0 unspecified atom stereocenters. The molecule has 0 radical (unpaired) electrons. The van der Waals surface area contributed by atoms with E-state index in [1.54, 1.807) is 0 Å². The Morgan fingerprint density at radius 3 is 2.65 bits per heavy atom. The number of carboxylic acids is 1. The maximum atomic E-state index is 11.3. The average molecular weight is 229 g/mol. The van der Waals surface area contributed by atoms with Crippen molar-refractivity contribution in [2.24, 2.45) is 0 Å². The highest BCUT2D eigenvalue weighted by Gasteiger charge is 2.40. The minimum atomic E-state index is -0.812. The summed E-state index contributed by atoms with van der Waals surface area (Å²) in [5, 5.41) is 12.6. The third kappa shape index (κ3) is 1.50. The fourth-order valence-electron chi connectivity index (χ4n) is 3.05. The Bertz CT molecular complexity index is 499. The van der Waals surface area contributed by atoms with Crippen LogP contribution in [0.4, 0.5) is 0 Å². The third-order valence-electron chi connectivity index (χ3n) is 3.90. The van der Waals surface area contributed by atoms with E-state index in [0.29, 0.717) is 5.57 Å². The van der Waals surface area contributed by atoms with E-state index in [-0.39, 0.29) is 5.41 Å². The first-order valence-electron chi connectivity index (χ1n) is 6.00. The molecule has 2 N–H and O–H groups in total. The first kappa shape index (κ1) is 10.5. The Morgan fingerprint density at radius 2 is 1.94 bits per heavy atom. The summed E-state index contributed by atoms with van der Waals surface area (Å²) in [6.45, 7) is 1.91. The van der Waals surface area contributed by atoms with Gasteiger partial charge in [-0.15, -0.1) is 0 Å². The van der Waals surface area contributed by atoms with Gasteiger partial charge in [0.25, 0.3) is 0 Å². The molecular formula is C14H15NO2. The predicted molar refractivity (Wildman–Crippen MR) is 65.8 cm³/mol. The highest BCUT2D eigenvalue weighted by Crippen LogP contribution is 2.45. The zero-order valence-corrected chi connectivity index (χ0v) is 9.57. The summed E-state index contributed by atoms with van der Waals surface area (Å²) < 4.78 is 0. The quantitative estimate of drug-likeness (QED) is 0.772. The number of nitrogens with one attached hydrogen (secondary N) is 1. The number of aliphatic carboxylic acids is 1. The van der Waals surface area contributed by atoms with Gasteiger partial charge in [0.1, 0.15) is 0 Å². The first-order valence-corrected chi connectivity index (χ1v) is 6.00. The fourth-order valence-corrected chi connectivity index (χ4v) is 3.05. The number of hydrogen-bond donors (Lipinski definition) is 2. The van der Waals surface area contributed by atoms with E-state index in [0.717, 1.165) is 31.5 Å². The summed E-state index contributed by atoms with van der Waals surface area (Å²) in [6, 6.07) is 7.91. The molecule has 0 amide bonds. The molecule has 1 aliphatic carbocycles. The van der Waals surface area contributed by atoms with Gasteiger partial charge in [0.05, 0.1) is 5.57 Å². The molecule has 1 fully saturated rings. The summed E-state index contributed by atoms with van der Waals surface area (Å²) in [5.41, 5.74) is 2.53. The zero-order chi connectivity index (χ0) is 11.9. The lowest BCUT2D eigenvalue weighted by Crippen LogP contribution is -2.37. The maximum Gasteiger partial charge on any atom is 0.336 e. The number of rotatable bonds is 1. The van der Waals surface area contributed by atoms with Crippen molar-refractivity contribution in [1.82, 2.24) is 5.32 Å². The van der Waals surface area contributed by atoms with Crippen LogP contribution in [-0.2, 0) is 10.2 Å². The van der Waals surface area contributed by atoms with Gasteiger partial charge in [-0.1, -0.05) is 30.3 Å². The molecule has 1 saturated heterocycles. The number of hydrogen-bond acceptors (Lipinski definition) is 2. The normalized spacial score (nSPS) is 21.1. The largest absolute Gasteiger partial charge is 0.478 e. The molecule has 1 aliphatic heterocycles. The fraction of sp³-hybridized carbons (Fsp3) is 0.357. The van der Waals surface area contributed by atoms with Gasteiger partial charge in [0.2, 0.25) is 0 Å². The molecule has 1 aromatic carbocycles. The molecule has 3 nitrogen and oxygen atoms in total. The van der Waals surface area contributed by atoms with Gasteiger partial charge >= 0.3 is 5.97 Å². The Labute approximate surface area is 100 Å².